The van der Waals surface area contributed by atoms with E-state index in [9.17, 15) is 24.0 Å². The number of hydrogen-bond acceptors (Lipinski definition) is 8. The highest BCUT2D eigenvalue weighted by molar-refractivity contribution is 7.09. The monoisotopic (exact) mass is 554 g/mol. The molecule has 0 bridgehead atoms. The Morgan fingerprint density at radius 3 is 2.26 bits per heavy atom. The van der Waals surface area contributed by atoms with Crippen molar-refractivity contribution in [3.05, 3.63) is 16.1 Å². The van der Waals surface area contributed by atoms with Crippen LogP contribution in [0.5, 0.6) is 0 Å². The Balaban J connectivity index is 2.49. The lowest BCUT2D eigenvalue weighted by Gasteiger charge is -2.19. The van der Waals surface area contributed by atoms with Crippen molar-refractivity contribution in [3.63, 3.8) is 0 Å². The number of ether oxygens (including phenoxy) is 1. The molecular weight excluding hydrogens is 512 g/mol. The second-order valence-corrected chi connectivity index (χ2v) is 10.7. The Morgan fingerprint density at radius 2 is 1.66 bits per heavy atom. The van der Waals surface area contributed by atoms with Crippen molar-refractivity contribution in [1.82, 2.24) is 31.6 Å². The largest absolute Gasteiger partial charge is 0.447 e. The first kappa shape index (κ1) is 32.8. The second-order valence-electron chi connectivity index (χ2n) is 9.76. The highest BCUT2D eigenvalue weighted by atomic mass is 32.1. The minimum absolute atomic E-state index is 0.0866. The minimum atomic E-state index is -1.13. The maximum Gasteiger partial charge on any atom is 0.408 e. The zero-order valence-corrected chi connectivity index (χ0v) is 24.0. The molecule has 5 amide bonds. The van der Waals surface area contributed by atoms with Crippen LogP contribution < -0.4 is 26.6 Å². The van der Waals surface area contributed by atoms with Crippen molar-refractivity contribution in [2.24, 2.45) is 11.8 Å². The summed E-state index contributed by atoms with van der Waals surface area (Å²) in [5.74, 6) is -1.50. The molecule has 12 nitrogen and oxygen atoms in total. The first-order chi connectivity index (χ1) is 17.9. The number of aromatic nitrogens is 1. The predicted molar refractivity (Wildman–Crippen MR) is 144 cm³/mol. The standard InChI is InChI=1S/C25H42N6O6S/c1-15(2)11-27-21(33)12-29-23(34)17(5)8-7-9-26-24(35)19(31-25(36)37-16(3)4)10-20(32)28-13-22-30-18(6)14-38-22/h14-17,19H,7-13H2,1-6H3,(H,26,35)(H,27,33)(H,28,32)(H,29,34)(H,31,36). The number of nitrogens with zero attached hydrogens (tertiary/aromatic N) is 1. The summed E-state index contributed by atoms with van der Waals surface area (Å²) in [5, 5.41) is 15.8. The molecule has 0 spiro atoms. The lowest BCUT2D eigenvalue weighted by Crippen LogP contribution is -2.49. The summed E-state index contributed by atoms with van der Waals surface area (Å²) in [6.07, 6.45) is -0.513. The smallest absolute Gasteiger partial charge is 0.408 e. The Morgan fingerprint density at radius 1 is 0.947 bits per heavy atom. The third-order valence-corrected chi connectivity index (χ3v) is 6.10. The van der Waals surface area contributed by atoms with E-state index < -0.39 is 30.1 Å². The van der Waals surface area contributed by atoms with Crippen molar-refractivity contribution in [1.29, 1.82) is 0 Å². The highest BCUT2D eigenvalue weighted by Gasteiger charge is 2.25. The van der Waals surface area contributed by atoms with Crippen LogP contribution in [0.3, 0.4) is 0 Å². The average Bonchev–Trinajstić information content (AvgIpc) is 3.26. The van der Waals surface area contributed by atoms with Crippen LogP contribution in [-0.4, -0.2) is 66.5 Å². The number of hydrogen-bond donors (Lipinski definition) is 5. The Hall–Kier alpha value is -3.22. The van der Waals surface area contributed by atoms with Crippen LogP contribution in [0.1, 0.15) is 64.6 Å². The van der Waals surface area contributed by atoms with Crippen LogP contribution in [0.4, 0.5) is 4.79 Å². The van der Waals surface area contributed by atoms with Gasteiger partial charge in [0.25, 0.3) is 0 Å². The molecule has 0 saturated heterocycles. The van der Waals surface area contributed by atoms with E-state index in [1.165, 1.54) is 11.3 Å². The summed E-state index contributed by atoms with van der Waals surface area (Å²) < 4.78 is 5.05. The normalized spacial score (nSPS) is 12.4. The molecule has 0 aliphatic rings. The molecule has 1 rings (SSSR count). The summed E-state index contributed by atoms with van der Waals surface area (Å²) in [6, 6.07) is -1.13. The molecule has 214 valence electrons. The predicted octanol–water partition coefficient (Wildman–Crippen LogP) is 1.38. The Bertz CT molecular complexity index is 935. The number of alkyl carbamates (subject to hydrolysis) is 1. The maximum absolute atomic E-state index is 12.7. The van der Waals surface area contributed by atoms with Crippen molar-refractivity contribution in [3.8, 4) is 0 Å². The van der Waals surface area contributed by atoms with E-state index in [4.69, 9.17) is 4.74 Å². The summed E-state index contributed by atoms with van der Waals surface area (Å²) in [7, 11) is 0. The van der Waals surface area contributed by atoms with Crippen LogP contribution in [0.25, 0.3) is 0 Å². The number of carbonyl (C=O) groups is 5. The number of thiazole rings is 1. The van der Waals surface area contributed by atoms with E-state index in [0.717, 1.165) is 10.7 Å². The van der Waals surface area contributed by atoms with Crippen LogP contribution in [0.2, 0.25) is 0 Å². The SMILES string of the molecule is Cc1csc(CNC(=O)CC(NC(=O)OC(C)C)C(=O)NCCCC(C)C(=O)NCC(=O)NCC(C)C)n1. The van der Waals surface area contributed by atoms with Crippen molar-refractivity contribution in [2.75, 3.05) is 19.6 Å². The Labute approximate surface area is 228 Å². The minimum Gasteiger partial charge on any atom is -0.447 e. The van der Waals surface area contributed by atoms with Gasteiger partial charge in [0.2, 0.25) is 23.6 Å². The van der Waals surface area contributed by atoms with Gasteiger partial charge in [-0.2, -0.15) is 0 Å². The lowest BCUT2D eigenvalue weighted by atomic mass is 10.0. The van der Waals surface area contributed by atoms with Gasteiger partial charge in [-0.15, -0.1) is 11.3 Å². The summed E-state index contributed by atoms with van der Waals surface area (Å²) in [5.41, 5.74) is 0.855. The second kappa shape index (κ2) is 17.3. The van der Waals surface area contributed by atoms with Gasteiger partial charge in [-0.3, -0.25) is 19.2 Å². The van der Waals surface area contributed by atoms with Crippen LogP contribution in [0, 0.1) is 18.8 Å². The van der Waals surface area contributed by atoms with Gasteiger partial charge in [0.05, 0.1) is 25.6 Å². The van der Waals surface area contributed by atoms with E-state index in [1.807, 2.05) is 26.2 Å². The summed E-state index contributed by atoms with van der Waals surface area (Å²) >= 11 is 1.42. The third kappa shape index (κ3) is 14.5. The first-order valence-electron chi connectivity index (χ1n) is 12.8. The fourth-order valence-electron chi connectivity index (χ4n) is 3.11. The summed E-state index contributed by atoms with van der Waals surface area (Å²) in [4.78, 5) is 65.5. The van der Waals surface area contributed by atoms with Crippen LogP contribution in [-0.2, 0) is 30.5 Å². The number of amides is 5. The van der Waals surface area contributed by atoms with E-state index in [1.54, 1.807) is 20.8 Å². The van der Waals surface area contributed by atoms with E-state index >= 15 is 0 Å². The molecule has 0 saturated carbocycles. The maximum atomic E-state index is 12.7. The van der Waals surface area contributed by atoms with Crippen LogP contribution in [0.15, 0.2) is 5.38 Å². The number of nitrogens with one attached hydrogen (secondary N) is 5. The molecule has 0 aliphatic heterocycles. The molecule has 1 heterocycles. The molecule has 38 heavy (non-hydrogen) atoms. The quantitative estimate of drug-likeness (QED) is 0.192. The van der Waals surface area contributed by atoms with Crippen molar-refractivity contribution >= 4 is 41.1 Å². The molecule has 1 aromatic rings. The van der Waals surface area contributed by atoms with Gasteiger partial charge in [-0.25, -0.2) is 9.78 Å². The molecule has 13 heteroatoms. The van der Waals surface area contributed by atoms with E-state index in [0.29, 0.717) is 25.3 Å². The highest BCUT2D eigenvalue weighted by Crippen LogP contribution is 2.08. The molecule has 1 aromatic heterocycles. The van der Waals surface area contributed by atoms with Gasteiger partial charge >= 0.3 is 6.09 Å². The zero-order valence-electron chi connectivity index (χ0n) is 23.1. The van der Waals surface area contributed by atoms with Gasteiger partial charge in [0, 0.05) is 30.1 Å². The topological polar surface area (TPSA) is 168 Å². The molecule has 0 aromatic carbocycles. The van der Waals surface area contributed by atoms with Gasteiger partial charge in [0.15, 0.2) is 0 Å². The summed E-state index contributed by atoms with van der Waals surface area (Å²) in [6.45, 7) is 11.8. The fourth-order valence-corrected chi connectivity index (χ4v) is 3.82. The molecule has 0 fully saturated rings. The molecule has 5 N–H and O–H groups in total. The van der Waals surface area contributed by atoms with Gasteiger partial charge in [0.1, 0.15) is 11.0 Å². The lowest BCUT2D eigenvalue weighted by molar-refractivity contribution is -0.128. The Kier molecular flexibility index (Phi) is 15.0. The van der Waals surface area contributed by atoms with Gasteiger partial charge in [-0.1, -0.05) is 20.8 Å². The third-order valence-electron chi connectivity index (χ3n) is 5.14. The molecule has 2 atom stereocenters. The fraction of sp³-hybridized carbons (Fsp3) is 0.680. The van der Waals surface area contributed by atoms with E-state index in [2.05, 4.69) is 31.6 Å². The molecule has 0 aliphatic carbocycles. The number of aryl methyl sites for hydroxylation is 1. The first-order valence-corrected chi connectivity index (χ1v) is 13.7. The average molecular weight is 555 g/mol. The van der Waals surface area contributed by atoms with Gasteiger partial charge < -0.3 is 31.3 Å². The number of carbonyl (C=O) groups excluding carboxylic acids is 5. The van der Waals surface area contributed by atoms with Crippen molar-refractivity contribution in [2.45, 2.75) is 79.5 Å². The van der Waals surface area contributed by atoms with E-state index in [-0.39, 0.29) is 43.8 Å². The molecule has 2 unspecified atom stereocenters. The molecule has 0 radical (unpaired) electrons. The van der Waals surface area contributed by atoms with Crippen LogP contribution >= 0.6 is 11.3 Å². The number of rotatable bonds is 16. The van der Waals surface area contributed by atoms with Gasteiger partial charge in [-0.05, 0) is 39.5 Å². The zero-order chi connectivity index (χ0) is 28.7. The van der Waals surface area contributed by atoms with Crippen molar-refractivity contribution < 1.29 is 28.7 Å². The molecular formula is C25H42N6O6S.